The average molecular weight is 761 g/mol. The first kappa shape index (κ1) is 52.7. The van der Waals surface area contributed by atoms with Crippen molar-refractivity contribution in [3.05, 3.63) is 0 Å². The van der Waals surface area contributed by atoms with Crippen LogP contribution in [0.25, 0.3) is 0 Å². The molecule has 8 nitrogen and oxygen atoms in total. The smallest absolute Gasteiger partial charge is 0.0648 e. The Morgan fingerprint density at radius 2 is 0.528 bits per heavy atom. The summed E-state index contributed by atoms with van der Waals surface area (Å²) in [6, 6.07) is 0. The van der Waals surface area contributed by atoms with Gasteiger partial charge in [0.2, 0.25) is 0 Å². The summed E-state index contributed by atoms with van der Waals surface area (Å²) in [5.74, 6) is 0. The van der Waals surface area contributed by atoms with Crippen LogP contribution in [-0.4, -0.2) is 97.7 Å². The molecule has 0 radical (unpaired) electrons. The maximum absolute atomic E-state index is 6.93. The highest BCUT2D eigenvalue weighted by atomic mass is 16.5. The van der Waals surface area contributed by atoms with E-state index < -0.39 is 27.8 Å². The Kier molecular flexibility index (Phi) is 21.9. The highest BCUT2D eigenvalue weighted by Gasteiger charge is 2.43. The summed E-state index contributed by atoms with van der Waals surface area (Å²) < 4.78 is 52.2. The molecule has 0 amide bonds. The van der Waals surface area contributed by atoms with Crippen LogP contribution >= 0.6 is 0 Å². The van der Waals surface area contributed by atoms with Crippen LogP contribution in [0.4, 0.5) is 0 Å². The molecule has 320 valence electrons. The van der Waals surface area contributed by atoms with Crippen LogP contribution < -0.4 is 0 Å². The Morgan fingerprint density at radius 1 is 0.283 bits per heavy atom. The molecule has 8 heteroatoms. The summed E-state index contributed by atoms with van der Waals surface area (Å²) in [5, 5.41) is 0. The van der Waals surface area contributed by atoms with Gasteiger partial charge in [0.25, 0.3) is 0 Å². The zero-order valence-corrected chi connectivity index (χ0v) is 39.1. The van der Waals surface area contributed by atoms with Crippen LogP contribution in [0.2, 0.25) is 0 Å². The van der Waals surface area contributed by atoms with Crippen molar-refractivity contribution in [1.29, 1.82) is 0 Å². The zero-order valence-electron chi connectivity index (χ0n) is 39.1. The highest BCUT2D eigenvalue weighted by Crippen LogP contribution is 2.38. The summed E-state index contributed by atoms with van der Waals surface area (Å²) in [5.41, 5.74) is -3.04. The number of rotatable bonds is 32. The fourth-order valence-corrected chi connectivity index (χ4v) is 5.56. The third kappa shape index (κ3) is 24.8. The van der Waals surface area contributed by atoms with Crippen molar-refractivity contribution in [3.63, 3.8) is 0 Å². The predicted octanol–water partition coefficient (Wildman–Crippen LogP) is 11.5. The van der Waals surface area contributed by atoms with Crippen LogP contribution in [0.15, 0.2) is 0 Å². The van der Waals surface area contributed by atoms with E-state index in [4.69, 9.17) is 37.9 Å². The van der Waals surface area contributed by atoms with Crippen LogP contribution in [0.5, 0.6) is 0 Å². The first-order valence-electron chi connectivity index (χ1n) is 21.0. The molecule has 53 heavy (non-hydrogen) atoms. The van der Waals surface area contributed by atoms with E-state index in [0.717, 1.165) is 44.9 Å². The lowest BCUT2D eigenvalue weighted by atomic mass is 9.79. The minimum atomic E-state index is -0.526. The van der Waals surface area contributed by atoms with E-state index in [-0.39, 0.29) is 22.4 Å². The van der Waals surface area contributed by atoms with Crippen molar-refractivity contribution in [1.82, 2.24) is 0 Å². The van der Waals surface area contributed by atoms with E-state index in [1.807, 2.05) is 6.92 Å². The van der Waals surface area contributed by atoms with Crippen LogP contribution in [-0.2, 0) is 37.9 Å². The third-order valence-corrected chi connectivity index (χ3v) is 11.0. The molecule has 0 unspecified atom stereocenters. The van der Waals surface area contributed by atoms with Gasteiger partial charge in [-0.3, -0.25) is 0 Å². The van der Waals surface area contributed by atoms with Gasteiger partial charge in [0.1, 0.15) is 0 Å². The standard InChI is InChI=1S/C45H92O8/c1-21-37(5,6)47-29-26-41(13,14)51-34-45(33-44(19,20)50-32-25-40(11,12)46-24-4,35-52-42(15,16)27-30-48-38(7,8)22-2)36-53-43(17,18)28-31-49-39(9,10)23-3/h21-36H2,1-20H3. The molecule has 0 bridgehead atoms. The van der Waals surface area contributed by atoms with Crippen molar-refractivity contribution >= 4 is 0 Å². The zero-order chi connectivity index (χ0) is 41.5. The topological polar surface area (TPSA) is 73.8 Å². The molecule has 0 saturated heterocycles. The quantitative estimate of drug-likeness (QED) is 0.0671. The Labute approximate surface area is 330 Å². The lowest BCUT2D eigenvalue weighted by molar-refractivity contribution is -0.188. The first-order valence-corrected chi connectivity index (χ1v) is 21.0. The SMILES string of the molecule is CCOC(C)(C)CCOC(C)(C)CC(COC(C)(C)CCOC(C)(C)CC)(COC(C)(C)CCOC(C)(C)CC)COC(C)(C)CCOC(C)(C)CC. The maximum Gasteiger partial charge on any atom is 0.0648 e. The molecule has 0 N–H and O–H groups in total. The van der Waals surface area contributed by atoms with Gasteiger partial charge in [-0.25, -0.2) is 0 Å². The molecule has 0 aromatic heterocycles. The van der Waals surface area contributed by atoms with Gasteiger partial charge in [-0.2, -0.15) is 0 Å². The minimum absolute atomic E-state index is 0.164. The highest BCUT2D eigenvalue weighted by molar-refractivity contribution is 4.91. The Morgan fingerprint density at radius 3 is 0.774 bits per heavy atom. The summed E-state index contributed by atoms with van der Waals surface area (Å²) in [4.78, 5) is 0. The molecule has 0 aliphatic heterocycles. The second-order valence-corrected chi connectivity index (χ2v) is 20.5. The van der Waals surface area contributed by atoms with Gasteiger partial charge in [0, 0.05) is 12.0 Å². The van der Waals surface area contributed by atoms with E-state index in [9.17, 15) is 0 Å². The minimum Gasteiger partial charge on any atom is -0.376 e. The van der Waals surface area contributed by atoms with Gasteiger partial charge >= 0.3 is 0 Å². The molecular formula is C45H92O8. The van der Waals surface area contributed by atoms with E-state index >= 15 is 0 Å². The Hall–Kier alpha value is -0.320. The molecule has 0 heterocycles. The second kappa shape index (κ2) is 22.0. The summed E-state index contributed by atoms with van der Waals surface area (Å²) in [6.45, 7) is 47.4. The summed E-state index contributed by atoms with van der Waals surface area (Å²) >= 11 is 0. The normalized spacial score (nSPS) is 14.7. The second-order valence-electron chi connectivity index (χ2n) is 20.5. The predicted molar refractivity (Wildman–Crippen MR) is 222 cm³/mol. The molecule has 0 rings (SSSR count). The number of hydrogen-bond acceptors (Lipinski definition) is 8. The summed E-state index contributed by atoms with van der Waals surface area (Å²) in [6.07, 6.45) is 6.65. The monoisotopic (exact) mass is 761 g/mol. The van der Waals surface area contributed by atoms with Crippen molar-refractivity contribution in [2.24, 2.45) is 5.41 Å². The van der Waals surface area contributed by atoms with E-state index in [2.05, 4.69) is 132 Å². The molecular weight excluding hydrogens is 668 g/mol. The van der Waals surface area contributed by atoms with Crippen LogP contribution in [0, 0.1) is 5.41 Å². The van der Waals surface area contributed by atoms with Crippen molar-refractivity contribution < 1.29 is 37.9 Å². The van der Waals surface area contributed by atoms with E-state index in [1.165, 1.54) is 0 Å². The lowest BCUT2D eigenvalue weighted by Gasteiger charge is -2.44. The van der Waals surface area contributed by atoms with Gasteiger partial charge in [-0.15, -0.1) is 0 Å². The van der Waals surface area contributed by atoms with E-state index in [0.29, 0.717) is 59.3 Å². The van der Waals surface area contributed by atoms with Gasteiger partial charge in [-0.1, -0.05) is 20.8 Å². The van der Waals surface area contributed by atoms with Crippen molar-refractivity contribution in [2.75, 3.05) is 52.9 Å². The molecule has 0 aromatic carbocycles. The molecule has 0 aliphatic rings. The van der Waals surface area contributed by atoms with E-state index in [1.54, 1.807) is 0 Å². The molecule has 0 spiro atoms. The lowest BCUT2D eigenvalue weighted by Crippen LogP contribution is -2.49. The van der Waals surface area contributed by atoms with Crippen molar-refractivity contribution in [3.8, 4) is 0 Å². The number of ether oxygens (including phenoxy) is 8. The van der Waals surface area contributed by atoms with Gasteiger partial charge < -0.3 is 37.9 Å². The molecule has 0 saturated carbocycles. The fraction of sp³-hybridized carbons (Fsp3) is 1.00. The summed E-state index contributed by atoms with van der Waals surface area (Å²) in [7, 11) is 0. The molecule has 0 fully saturated rings. The largest absolute Gasteiger partial charge is 0.376 e. The van der Waals surface area contributed by atoms with Gasteiger partial charge in [0.15, 0.2) is 0 Å². The van der Waals surface area contributed by atoms with Gasteiger partial charge in [0.05, 0.1) is 91.1 Å². The third-order valence-electron chi connectivity index (χ3n) is 11.0. The van der Waals surface area contributed by atoms with Crippen molar-refractivity contribution in [2.45, 2.75) is 235 Å². The average Bonchev–Trinajstić information content (AvgIpc) is 3.01. The maximum atomic E-state index is 6.93. The fourth-order valence-electron chi connectivity index (χ4n) is 5.56. The Bertz CT molecular complexity index is 886. The molecule has 0 aliphatic carbocycles. The Balaban J connectivity index is 6.54. The van der Waals surface area contributed by atoms with Crippen LogP contribution in [0.1, 0.15) is 190 Å². The number of hydrogen-bond donors (Lipinski definition) is 0. The molecule has 0 aromatic rings. The first-order chi connectivity index (χ1) is 23.9. The molecule has 0 atom stereocenters. The van der Waals surface area contributed by atoms with Gasteiger partial charge in [-0.05, 0) is 169 Å². The van der Waals surface area contributed by atoms with Crippen LogP contribution in [0.3, 0.4) is 0 Å².